The van der Waals surface area contributed by atoms with E-state index >= 15 is 0 Å². The number of hydrogen-bond acceptors (Lipinski definition) is 5. The molecule has 0 radical (unpaired) electrons. The summed E-state index contributed by atoms with van der Waals surface area (Å²) in [7, 11) is 0. The Balaban J connectivity index is 4.62. The fourth-order valence-corrected chi connectivity index (χ4v) is 0.760. The van der Waals surface area contributed by atoms with Crippen LogP contribution in [0.2, 0.25) is 0 Å². The molecule has 0 aromatic heterocycles. The molecular weight excluding hydrogens is 200 g/mol. The molecule has 0 bridgehead atoms. The van der Waals surface area contributed by atoms with Crippen molar-refractivity contribution >= 4 is 11.9 Å². The number of esters is 2. The van der Waals surface area contributed by atoms with Crippen LogP contribution in [-0.4, -0.2) is 22.6 Å². The normalized spacial score (nSPS) is 13.1. The number of rotatable bonds is 6. The van der Waals surface area contributed by atoms with E-state index in [9.17, 15) is 14.7 Å². The largest absolute Gasteiger partial charge is 0.435 e. The first-order valence-corrected chi connectivity index (χ1v) is 3.98. The maximum Gasteiger partial charge on any atom is 0.347 e. The highest BCUT2D eigenvalue weighted by molar-refractivity contribution is 5.88. The van der Waals surface area contributed by atoms with Crippen LogP contribution in [-0.2, 0) is 19.1 Å². The van der Waals surface area contributed by atoms with Crippen molar-refractivity contribution in [3.05, 3.63) is 38.3 Å². The summed E-state index contributed by atoms with van der Waals surface area (Å²) in [6.45, 7) is 9.53. The SMILES string of the molecule is C=COC(=O)CC(O)(C=C)C(=O)OC=C. The topological polar surface area (TPSA) is 72.8 Å². The van der Waals surface area contributed by atoms with Crippen molar-refractivity contribution in [3.8, 4) is 0 Å². The maximum atomic E-state index is 11.2. The molecule has 0 aromatic rings. The van der Waals surface area contributed by atoms with E-state index in [0.29, 0.717) is 0 Å². The van der Waals surface area contributed by atoms with E-state index in [1.807, 2.05) is 0 Å². The molecule has 0 rings (SSSR count). The van der Waals surface area contributed by atoms with Crippen LogP contribution in [0.5, 0.6) is 0 Å². The van der Waals surface area contributed by atoms with Gasteiger partial charge >= 0.3 is 11.9 Å². The highest BCUT2D eigenvalue weighted by atomic mass is 16.5. The Bertz CT molecular complexity index is 294. The fraction of sp³-hybridized carbons (Fsp3) is 0.200. The lowest BCUT2D eigenvalue weighted by Crippen LogP contribution is -2.39. The van der Waals surface area contributed by atoms with E-state index in [1.54, 1.807) is 0 Å². The molecule has 5 heteroatoms. The Morgan fingerprint density at radius 1 is 1.20 bits per heavy atom. The summed E-state index contributed by atoms with van der Waals surface area (Å²) in [5.74, 6) is -1.87. The van der Waals surface area contributed by atoms with E-state index in [4.69, 9.17) is 0 Å². The van der Waals surface area contributed by atoms with E-state index in [1.165, 1.54) is 0 Å². The van der Waals surface area contributed by atoms with Gasteiger partial charge in [0.2, 0.25) is 0 Å². The summed E-state index contributed by atoms with van der Waals surface area (Å²) in [4.78, 5) is 22.2. The number of ether oxygens (including phenoxy) is 2. The lowest BCUT2D eigenvalue weighted by molar-refractivity contribution is -0.160. The Morgan fingerprint density at radius 3 is 2.13 bits per heavy atom. The molecule has 0 aliphatic heterocycles. The van der Waals surface area contributed by atoms with Crippen LogP contribution < -0.4 is 0 Å². The average molecular weight is 212 g/mol. The molecule has 0 aliphatic carbocycles. The summed E-state index contributed by atoms with van der Waals surface area (Å²) in [6.07, 6.45) is 2.03. The lowest BCUT2D eigenvalue weighted by Gasteiger charge is -2.19. The van der Waals surface area contributed by atoms with Crippen molar-refractivity contribution < 1.29 is 24.2 Å². The van der Waals surface area contributed by atoms with E-state index in [-0.39, 0.29) is 0 Å². The molecule has 1 N–H and O–H groups in total. The first-order chi connectivity index (χ1) is 7.00. The van der Waals surface area contributed by atoms with Crippen molar-refractivity contribution in [1.29, 1.82) is 0 Å². The van der Waals surface area contributed by atoms with E-state index in [0.717, 1.165) is 18.6 Å². The maximum absolute atomic E-state index is 11.2. The van der Waals surface area contributed by atoms with Gasteiger partial charge in [-0.1, -0.05) is 19.7 Å². The molecule has 0 saturated heterocycles. The molecule has 0 amide bonds. The third kappa shape index (κ3) is 3.78. The molecule has 5 nitrogen and oxygen atoms in total. The monoisotopic (exact) mass is 212 g/mol. The van der Waals surface area contributed by atoms with Crippen LogP contribution in [0.4, 0.5) is 0 Å². The van der Waals surface area contributed by atoms with Crippen molar-refractivity contribution in [2.24, 2.45) is 0 Å². The van der Waals surface area contributed by atoms with Gasteiger partial charge in [-0.15, -0.1) is 0 Å². The summed E-state index contributed by atoms with van der Waals surface area (Å²) in [5, 5.41) is 9.64. The second-order valence-corrected chi connectivity index (χ2v) is 2.53. The molecule has 1 unspecified atom stereocenters. The molecule has 0 aromatic carbocycles. The zero-order chi connectivity index (χ0) is 11.9. The van der Waals surface area contributed by atoms with Crippen molar-refractivity contribution in [2.75, 3.05) is 0 Å². The summed E-state index contributed by atoms with van der Waals surface area (Å²) < 4.78 is 8.70. The van der Waals surface area contributed by atoms with Gasteiger partial charge in [-0.25, -0.2) is 4.79 Å². The van der Waals surface area contributed by atoms with Gasteiger partial charge in [0.15, 0.2) is 5.60 Å². The van der Waals surface area contributed by atoms with Gasteiger partial charge in [0.05, 0.1) is 18.9 Å². The van der Waals surface area contributed by atoms with E-state index < -0.39 is 24.0 Å². The molecule has 15 heavy (non-hydrogen) atoms. The van der Waals surface area contributed by atoms with Crippen LogP contribution in [0, 0.1) is 0 Å². The predicted octanol–water partition coefficient (Wildman–Crippen LogP) is 0.667. The first-order valence-electron chi connectivity index (χ1n) is 3.98. The summed E-state index contributed by atoms with van der Waals surface area (Å²) >= 11 is 0. The van der Waals surface area contributed by atoms with Gasteiger partial charge in [0, 0.05) is 0 Å². The van der Waals surface area contributed by atoms with Gasteiger partial charge in [-0.3, -0.25) is 4.79 Å². The fourth-order valence-electron chi connectivity index (χ4n) is 0.760. The minimum Gasteiger partial charge on any atom is -0.435 e. The zero-order valence-corrected chi connectivity index (χ0v) is 8.14. The molecule has 0 saturated carbocycles. The number of aliphatic hydroxyl groups is 1. The molecule has 0 spiro atoms. The number of hydrogen-bond donors (Lipinski definition) is 1. The third-order valence-corrected chi connectivity index (χ3v) is 1.51. The van der Waals surface area contributed by atoms with Crippen LogP contribution in [0.25, 0.3) is 0 Å². The lowest BCUT2D eigenvalue weighted by atomic mass is 10.0. The van der Waals surface area contributed by atoms with Gasteiger partial charge in [-0.05, 0) is 6.08 Å². The quantitative estimate of drug-likeness (QED) is 0.398. The Labute approximate surface area is 87.3 Å². The minimum absolute atomic E-state index is 0.602. The number of carbonyl (C=O) groups is 2. The second kappa shape index (κ2) is 5.77. The molecule has 0 fully saturated rings. The van der Waals surface area contributed by atoms with Crippen LogP contribution in [0.1, 0.15) is 6.42 Å². The third-order valence-electron chi connectivity index (χ3n) is 1.51. The summed E-state index contributed by atoms with van der Waals surface area (Å²) in [6, 6.07) is 0. The summed E-state index contributed by atoms with van der Waals surface area (Å²) in [5.41, 5.74) is -2.12. The van der Waals surface area contributed by atoms with Gasteiger partial charge < -0.3 is 14.6 Å². The first kappa shape index (κ1) is 13.1. The Morgan fingerprint density at radius 2 is 1.73 bits per heavy atom. The smallest absolute Gasteiger partial charge is 0.347 e. The van der Waals surface area contributed by atoms with Crippen LogP contribution >= 0.6 is 0 Å². The van der Waals surface area contributed by atoms with Crippen molar-refractivity contribution in [3.63, 3.8) is 0 Å². The Hall–Kier alpha value is -1.88. The van der Waals surface area contributed by atoms with Crippen molar-refractivity contribution in [2.45, 2.75) is 12.0 Å². The highest BCUT2D eigenvalue weighted by Gasteiger charge is 2.37. The molecule has 82 valence electrons. The van der Waals surface area contributed by atoms with Gasteiger partial charge in [0.25, 0.3) is 0 Å². The molecule has 1 atom stereocenters. The zero-order valence-electron chi connectivity index (χ0n) is 8.14. The number of carbonyl (C=O) groups excluding carboxylic acids is 2. The minimum atomic E-state index is -2.12. The standard InChI is InChI=1S/C10H12O5/c1-4-10(13,9(12)15-6-3)7-8(11)14-5-2/h4-6,13H,1-3,7H2. The van der Waals surface area contributed by atoms with Gasteiger partial charge in [0.1, 0.15) is 0 Å². The second-order valence-electron chi connectivity index (χ2n) is 2.53. The average Bonchev–Trinajstić information content (AvgIpc) is 2.18. The predicted molar refractivity (Wildman–Crippen MR) is 52.3 cm³/mol. The molecule has 0 heterocycles. The van der Waals surface area contributed by atoms with Crippen molar-refractivity contribution in [1.82, 2.24) is 0 Å². The van der Waals surface area contributed by atoms with Gasteiger partial charge in [-0.2, -0.15) is 0 Å². The van der Waals surface area contributed by atoms with E-state index in [2.05, 4.69) is 29.2 Å². The molecular formula is C10H12O5. The van der Waals surface area contributed by atoms with Crippen LogP contribution in [0.3, 0.4) is 0 Å². The van der Waals surface area contributed by atoms with Crippen LogP contribution in [0.15, 0.2) is 38.3 Å². The Kier molecular flexibility index (Phi) is 5.04. The highest BCUT2D eigenvalue weighted by Crippen LogP contribution is 2.15. The molecule has 0 aliphatic rings.